The number of carbonyl (C=O) groups excluding carboxylic acids is 2. The van der Waals surface area contributed by atoms with Crippen molar-refractivity contribution in [3.05, 3.63) is 65.7 Å². The van der Waals surface area contributed by atoms with Crippen LogP contribution in [0.15, 0.2) is 54.6 Å². The molecule has 150 valence electrons. The third kappa shape index (κ3) is 4.90. The summed E-state index contributed by atoms with van der Waals surface area (Å²) >= 11 is 0. The number of alkyl halides is 3. The first-order chi connectivity index (χ1) is 13.8. The van der Waals surface area contributed by atoms with Crippen LogP contribution in [0.3, 0.4) is 0 Å². The van der Waals surface area contributed by atoms with E-state index in [-0.39, 0.29) is 5.56 Å². The molecule has 0 aliphatic carbocycles. The minimum Gasteiger partial charge on any atom is -0.452 e. The highest BCUT2D eigenvalue weighted by atomic mass is 19.4. The summed E-state index contributed by atoms with van der Waals surface area (Å²) in [5.41, 5.74) is 2.71. The number of benzene rings is 2. The number of fused-ring (bicyclic) bond motifs is 1. The molecule has 0 spiro atoms. The van der Waals surface area contributed by atoms with Gasteiger partial charge in [0.2, 0.25) is 0 Å². The molecule has 29 heavy (non-hydrogen) atoms. The number of hydrogen-bond donors (Lipinski definition) is 1. The van der Waals surface area contributed by atoms with Crippen molar-refractivity contribution in [2.75, 3.05) is 13.2 Å². The van der Waals surface area contributed by atoms with Crippen molar-refractivity contribution in [2.24, 2.45) is 0 Å². The summed E-state index contributed by atoms with van der Waals surface area (Å²) in [6, 6.07) is 16.2. The Labute approximate surface area is 164 Å². The molecule has 2 aromatic carbocycles. The molecule has 0 fully saturated rings. The molecule has 0 saturated heterocycles. The lowest BCUT2D eigenvalue weighted by atomic mass is 9.98. The molecule has 3 rings (SSSR count). The minimum absolute atomic E-state index is 0.220. The highest BCUT2D eigenvalue weighted by Crippen LogP contribution is 2.30. The van der Waals surface area contributed by atoms with E-state index in [0.717, 1.165) is 5.56 Å². The Kier molecular flexibility index (Phi) is 5.81. The van der Waals surface area contributed by atoms with E-state index < -0.39 is 31.2 Å². The number of rotatable bonds is 5. The molecule has 3 aromatic rings. The van der Waals surface area contributed by atoms with E-state index in [1.807, 2.05) is 30.3 Å². The van der Waals surface area contributed by atoms with Gasteiger partial charge in [-0.3, -0.25) is 4.79 Å². The van der Waals surface area contributed by atoms with Crippen LogP contribution in [-0.2, 0) is 9.53 Å². The molecule has 8 heteroatoms. The number of para-hydroxylation sites is 1. The molecule has 1 aromatic heterocycles. The van der Waals surface area contributed by atoms with Gasteiger partial charge in [-0.15, -0.1) is 0 Å². The number of aromatic nitrogens is 1. The molecule has 0 saturated carbocycles. The fraction of sp³-hybridized carbons (Fsp3) is 0.190. The summed E-state index contributed by atoms with van der Waals surface area (Å²) in [5.74, 6) is -1.84. The first kappa shape index (κ1) is 20.3. The maximum atomic E-state index is 12.7. The number of hydrogen-bond acceptors (Lipinski definition) is 4. The van der Waals surface area contributed by atoms with Crippen LogP contribution in [0.4, 0.5) is 13.2 Å². The van der Waals surface area contributed by atoms with Crippen LogP contribution in [0.25, 0.3) is 22.2 Å². The van der Waals surface area contributed by atoms with E-state index in [4.69, 9.17) is 4.74 Å². The minimum atomic E-state index is -4.54. The van der Waals surface area contributed by atoms with Gasteiger partial charge in [0.15, 0.2) is 6.61 Å². The summed E-state index contributed by atoms with van der Waals surface area (Å²) in [7, 11) is 0. The molecule has 0 aliphatic rings. The van der Waals surface area contributed by atoms with E-state index in [2.05, 4.69) is 4.98 Å². The summed E-state index contributed by atoms with van der Waals surface area (Å²) in [5, 5.41) is 2.20. The van der Waals surface area contributed by atoms with Crippen molar-refractivity contribution in [2.45, 2.75) is 13.1 Å². The second kappa shape index (κ2) is 8.30. The summed E-state index contributed by atoms with van der Waals surface area (Å²) in [6.07, 6.45) is -4.54. The summed E-state index contributed by atoms with van der Waals surface area (Å²) in [6.45, 7) is -0.591. The predicted molar refractivity (Wildman–Crippen MR) is 101 cm³/mol. The molecule has 5 nitrogen and oxygen atoms in total. The van der Waals surface area contributed by atoms with Crippen LogP contribution in [0.2, 0.25) is 0 Å². The fourth-order valence-electron chi connectivity index (χ4n) is 2.90. The second-order valence-electron chi connectivity index (χ2n) is 6.31. The molecule has 0 atom stereocenters. The lowest BCUT2D eigenvalue weighted by Gasteiger charge is -2.14. The summed E-state index contributed by atoms with van der Waals surface area (Å²) in [4.78, 5) is 28.9. The molecule has 0 aliphatic heterocycles. The number of carbonyl (C=O) groups is 2. The quantitative estimate of drug-likeness (QED) is 0.654. The first-order valence-electron chi connectivity index (χ1n) is 8.71. The molecular formula is C21H17F3N2O3. The summed E-state index contributed by atoms with van der Waals surface area (Å²) < 4.78 is 41.5. The van der Waals surface area contributed by atoms with Crippen LogP contribution in [0.5, 0.6) is 0 Å². The maximum absolute atomic E-state index is 12.7. The zero-order valence-corrected chi connectivity index (χ0v) is 15.4. The smallest absolute Gasteiger partial charge is 0.405 e. The SMILES string of the molecule is Cc1c(-c2ccccc2)nc2ccccc2c1C(=O)OCC(=O)NCC(F)(F)F. The third-order valence-corrected chi connectivity index (χ3v) is 4.21. The topological polar surface area (TPSA) is 68.3 Å². The Morgan fingerprint density at radius 3 is 2.38 bits per heavy atom. The Balaban J connectivity index is 1.90. The number of halogens is 3. The third-order valence-electron chi connectivity index (χ3n) is 4.21. The standard InChI is InChI=1S/C21H17F3N2O3/c1-13-18(20(28)29-11-17(27)25-12-21(22,23)24)15-9-5-6-10-16(15)26-19(13)14-7-3-2-4-8-14/h2-10H,11-12H2,1H3,(H,25,27). The van der Waals surface area contributed by atoms with Crippen molar-refractivity contribution >= 4 is 22.8 Å². The van der Waals surface area contributed by atoms with Crippen molar-refractivity contribution in [1.82, 2.24) is 10.3 Å². The predicted octanol–water partition coefficient (Wildman–Crippen LogP) is 4.05. The molecule has 1 amide bonds. The van der Waals surface area contributed by atoms with Crippen LogP contribution in [0, 0.1) is 6.92 Å². The molecule has 0 bridgehead atoms. The van der Waals surface area contributed by atoms with Crippen LogP contribution < -0.4 is 5.32 Å². The Hall–Kier alpha value is -3.42. The van der Waals surface area contributed by atoms with Crippen molar-refractivity contribution in [1.29, 1.82) is 0 Å². The lowest BCUT2D eigenvalue weighted by Crippen LogP contribution is -2.36. The largest absolute Gasteiger partial charge is 0.452 e. The van der Waals surface area contributed by atoms with Crippen LogP contribution in [0.1, 0.15) is 15.9 Å². The molecular weight excluding hydrogens is 385 g/mol. The number of nitrogens with one attached hydrogen (secondary N) is 1. The lowest BCUT2D eigenvalue weighted by molar-refractivity contribution is -0.140. The van der Waals surface area contributed by atoms with Gasteiger partial charge in [-0.1, -0.05) is 48.5 Å². The van der Waals surface area contributed by atoms with Gasteiger partial charge in [0.1, 0.15) is 6.54 Å². The van der Waals surface area contributed by atoms with Gasteiger partial charge in [-0.05, 0) is 18.6 Å². The molecule has 0 unspecified atom stereocenters. The molecule has 0 radical (unpaired) electrons. The number of nitrogens with zero attached hydrogens (tertiary/aromatic N) is 1. The normalized spacial score (nSPS) is 11.3. The van der Waals surface area contributed by atoms with Gasteiger partial charge in [-0.25, -0.2) is 9.78 Å². The zero-order valence-electron chi connectivity index (χ0n) is 15.4. The molecule has 1 heterocycles. The monoisotopic (exact) mass is 402 g/mol. The van der Waals surface area contributed by atoms with Crippen molar-refractivity contribution in [3.63, 3.8) is 0 Å². The Morgan fingerprint density at radius 2 is 1.69 bits per heavy atom. The number of amides is 1. The average molecular weight is 402 g/mol. The Morgan fingerprint density at radius 1 is 1.03 bits per heavy atom. The molecule has 1 N–H and O–H groups in total. The van der Waals surface area contributed by atoms with Crippen molar-refractivity contribution < 1.29 is 27.5 Å². The van der Waals surface area contributed by atoms with Gasteiger partial charge >= 0.3 is 12.1 Å². The van der Waals surface area contributed by atoms with Crippen LogP contribution in [-0.4, -0.2) is 36.2 Å². The Bertz CT molecular complexity index is 1050. The second-order valence-corrected chi connectivity index (χ2v) is 6.31. The fourth-order valence-corrected chi connectivity index (χ4v) is 2.90. The van der Waals surface area contributed by atoms with Gasteiger partial charge in [0.25, 0.3) is 5.91 Å². The average Bonchev–Trinajstić information content (AvgIpc) is 2.70. The van der Waals surface area contributed by atoms with E-state index in [1.54, 1.807) is 36.5 Å². The van der Waals surface area contributed by atoms with Crippen LogP contribution >= 0.6 is 0 Å². The van der Waals surface area contributed by atoms with Gasteiger partial charge < -0.3 is 10.1 Å². The zero-order chi connectivity index (χ0) is 21.0. The van der Waals surface area contributed by atoms with E-state index in [0.29, 0.717) is 22.2 Å². The van der Waals surface area contributed by atoms with Crippen molar-refractivity contribution in [3.8, 4) is 11.3 Å². The maximum Gasteiger partial charge on any atom is 0.405 e. The van der Waals surface area contributed by atoms with E-state index in [1.165, 1.54) is 0 Å². The van der Waals surface area contributed by atoms with Gasteiger partial charge in [0.05, 0.1) is 16.8 Å². The number of ether oxygens (including phenoxy) is 1. The van der Waals surface area contributed by atoms with E-state index >= 15 is 0 Å². The first-order valence-corrected chi connectivity index (χ1v) is 8.71. The van der Waals surface area contributed by atoms with Gasteiger partial charge in [-0.2, -0.15) is 13.2 Å². The number of esters is 1. The highest BCUT2D eigenvalue weighted by molar-refractivity contribution is 6.06. The number of pyridine rings is 1. The van der Waals surface area contributed by atoms with Gasteiger partial charge in [0, 0.05) is 10.9 Å². The highest BCUT2D eigenvalue weighted by Gasteiger charge is 2.28. The van der Waals surface area contributed by atoms with E-state index in [9.17, 15) is 22.8 Å².